The van der Waals surface area contributed by atoms with E-state index < -0.39 is 23.7 Å². The first kappa shape index (κ1) is 16.2. The molecule has 128 valence electrons. The molecule has 2 N–H and O–H groups in total. The summed E-state index contributed by atoms with van der Waals surface area (Å²) in [5.41, 5.74) is 5.27. The summed E-state index contributed by atoms with van der Waals surface area (Å²) in [5.74, 6) is -0.856. The number of nitrogens with zero attached hydrogens (tertiary/aromatic N) is 5. The van der Waals surface area contributed by atoms with E-state index >= 15 is 0 Å². The first-order chi connectivity index (χ1) is 11.3. The zero-order chi connectivity index (χ0) is 17.5. The van der Waals surface area contributed by atoms with Gasteiger partial charge in [0.15, 0.2) is 11.5 Å². The minimum Gasteiger partial charge on any atom is -0.369 e. The highest BCUT2D eigenvalue weighted by Gasteiger charge is 2.39. The summed E-state index contributed by atoms with van der Waals surface area (Å²) in [6, 6.07) is 2.12. The van der Waals surface area contributed by atoms with Crippen LogP contribution in [0.5, 0.6) is 0 Å². The van der Waals surface area contributed by atoms with Crippen molar-refractivity contribution < 1.29 is 18.0 Å². The lowest BCUT2D eigenvalue weighted by Crippen LogP contribution is -2.29. The van der Waals surface area contributed by atoms with Crippen molar-refractivity contribution in [2.45, 2.75) is 12.1 Å². The highest BCUT2D eigenvalue weighted by Crippen LogP contribution is 2.35. The minimum atomic E-state index is -4.54. The highest BCUT2D eigenvalue weighted by molar-refractivity contribution is 5.79. The maximum Gasteiger partial charge on any atom is 0.435 e. The SMILES string of the molecule is Cn1cc([C@H]2CN(c3ccc(C(F)(F)F)nn3)C[C@@H]2C(N)=O)cn1. The molecular formula is C14H15F3N6O. The normalized spacial score (nSPS) is 21.2. The zero-order valence-corrected chi connectivity index (χ0v) is 12.7. The van der Waals surface area contributed by atoms with Crippen molar-refractivity contribution in [3.05, 3.63) is 35.8 Å². The molecule has 0 aliphatic carbocycles. The molecule has 0 saturated carbocycles. The number of carbonyl (C=O) groups is 1. The van der Waals surface area contributed by atoms with E-state index in [9.17, 15) is 18.0 Å². The Morgan fingerprint density at radius 1 is 1.29 bits per heavy atom. The monoisotopic (exact) mass is 340 g/mol. The Balaban J connectivity index is 1.84. The van der Waals surface area contributed by atoms with Crippen LogP contribution in [0.2, 0.25) is 0 Å². The molecule has 2 aromatic heterocycles. The summed E-state index contributed by atoms with van der Waals surface area (Å²) >= 11 is 0. The van der Waals surface area contributed by atoms with Crippen LogP contribution in [-0.4, -0.2) is 39.0 Å². The molecule has 10 heteroatoms. The minimum absolute atomic E-state index is 0.194. The van der Waals surface area contributed by atoms with E-state index in [1.165, 1.54) is 6.07 Å². The summed E-state index contributed by atoms with van der Waals surface area (Å²) in [7, 11) is 1.76. The van der Waals surface area contributed by atoms with Gasteiger partial charge in [0.2, 0.25) is 5.91 Å². The predicted molar refractivity (Wildman–Crippen MR) is 77.9 cm³/mol. The summed E-state index contributed by atoms with van der Waals surface area (Å²) in [6.07, 6.45) is -1.09. The Bertz CT molecular complexity index is 742. The number of amides is 1. The van der Waals surface area contributed by atoms with Crippen LogP contribution in [0.4, 0.5) is 19.0 Å². The van der Waals surface area contributed by atoms with Gasteiger partial charge < -0.3 is 10.6 Å². The number of nitrogens with two attached hydrogens (primary N) is 1. The molecule has 3 rings (SSSR count). The molecule has 0 bridgehead atoms. The van der Waals surface area contributed by atoms with Gasteiger partial charge in [-0.25, -0.2) is 0 Å². The Morgan fingerprint density at radius 2 is 2.04 bits per heavy atom. The van der Waals surface area contributed by atoms with Crippen LogP contribution in [0.15, 0.2) is 24.5 Å². The van der Waals surface area contributed by atoms with Crippen LogP contribution in [0.3, 0.4) is 0 Å². The summed E-state index contributed by atoms with van der Waals surface area (Å²) < 4.78 is 39.3. The molecule has 1 aliphatic rings. The molecule has 24 heavy (non-hydrogen) atoms. The molecule has 7 nitrogen and oxygen atoms in total. The fourth-order valence-electron chi connectivity index (χ4n) is 2.89. The third-order valence-corrected chi connectivity index (χ3v) is 4.10. The average molecular weight is 340 g/mol. The summed E-state index contributed by atoms with van der Waals surface area (Å²) in [5, 5.41) is 10.9. The van der Waals surface area contributed by atoms with Crippen molar-refractivity contribution in [1.29, 1.82) is 0 Å². The number of carbonyl (C=O) groups excluding carboxylic acids is 1. The van der Waals surface area contributed by atoms with Crippen LogP contribution in [0.25, 0.3) is 0 Å². The molecule has 1 aliphatic heterocycles. The van der Waals surface area contributed by atoms with E-state index in [2.05, 4.69) is 15.3 Å². The van der Waals surface area contributed by atoms with Crippen LogP contribution in [-0.2, 0) is 18.0 Å². The van der Waals surface area contributed by atoms with Gasteiger partial charge in [-0.3, -0.25) is 9.48 Å². The quantitative estimate of drug-likeness (QED) is 0.898. The van der Waals surface area contributed by atoms with Crippen molar-refractivity contribution in [2.24, 2.45) is 18.7 Å². The smallest absolute Gasteiger partial charge is 0.369 e. The number of aromatic nitrogens is 4. The molecule has 2 atom stereocenters. The molecule has 3 heterocycles. The lowest BCUT2D eigenvalue weighted by Gasteiger charge is -2.16. The topological polar surface area (TPSA) is 89.9 Å². The largest absolute Gasteiger partial charge is 0.435 e. The molecule has 1 fully saturated rings. The Kier molecular flexibility index (Phi) is 3.90. The highest BCUT2D eigenvalue weighted by atomic mass is 19.4. The van der Waals surface area contributed by atoms with Crippen molar-refractivity contribution in [2.75, 3.05) is 18.0 Å². The van der Waals surface area contributed by atoms with Gasteiger partial charge in [-0.2, -0.15) is 18.3 Å². The van der Waals surface area contributed by atoms with Gasteiger partial charge >= 0.3 is 6.18 Å². The van der Waals surface area contributed by atoms with E-state index in [-0.39, 0.29) is 18.3 Å². The van der Waals surface area contributed by atoms with E-state index in [0.29, 0.717) is 6.54 Å². The first-order valence-corrected chi connectivity index (χ1v) is 7.19. The van der Waals surface area contributed by atoms with Crippen LogP contribution < -0.4 is 10.6 Å². The van der Waals surface area contributed by atoms with Crippen molar-refractivity contribution >= 4 is 11.7 Å². The summed E-state index contributed by atoms with van der Waals surface area (Å²) in [4.78, 5) is 13.4. The molecule has 0 spiro atoms. The molecule has 1 saturated heterocycles. The van der Waals surface area contributed by atoms with E-state index in [1.807, 2.05) is 0 Å². The maximum absolute atomic E-state index is 12.6. The van der Waals surface area contributed by atoms with Gasteiger partial charge in [0, 0.05) is 32.3 Å². The van der Waals surface area contributed by atoms with Gasteiger partial charge in [-0.15, -0.1) is 10.2 Å². The maximum atomic E-state index is 12.6. The van der Waals surface area contributed by atoms with Gasteiger partial charge in [-0.05, 0) is 17.7 Å². The fourth-order valence-corrected chi connectivity index (χ4v) is 2.89. The number of primary amides is 1. The van der Waals surface area contributed by atoms with E-state index in [4.69, 9.17) is 5.73 Å². The number of alkyl halides is 3. The number of rotatable bonds is 3. The average Bonchev–Trinajstić information content (AvgIpc) is 3.12. The van der Waals surface area contributed by atoms with Crippen molar-refractivity contribution in [3.8, 4) is 0 Å². The van der Waals surface area contributed by atoms with Gasteiger partial charge in [-0.1, -0.05) is 0 Å². The van der Waals surface area contributed by atoms with Gasteiger partial charge in [0.05, 0.1) is 12.1 Å². The van der Waals surface area contributed by atoms with Crippen LogP contribution in [0, 0.1) is 5.92 Å². The Labute approximate surface area is 135 Å². The standard InChI is InChI=1S/C14H15F3N6O/c1-22-5-8(4-19-22)9-6-23(7-10(9)13(18)24)12-3-2-11(20-21-12)14(15,16)17/h2-5,9-10H,6-7H2,1H3,(H2,18,24)/t9-,10+/m1/s1. The predicted octanol–water partition coefficient (Wildman–Crippen LogP) is 0.934. The number of hydrogen-bond donors (Lipinski definition) is 1. The third-order valence-electron chi connectivity index (χ3n) is 4.10. The molecule has 0 aromatic carbocycles. The second kappa shape index (κ2) is 5.77. The van der Waals surface area contributed by atoms with E-state index in [1.54, 1.807) is 29.0 Å². The molecular weight excluding hydrogens is 325 g/mol. The molecule has 0 unspecified atom stereocenters. The number of aryl methyl sites for hydroxylation is 1. The fraction of sp³-hybridized carbons (Fsp3) is 0.429. The second-order valence-electron chi connectivity index (χ2n) is 5.74. The second-order valence-corrected chi connectivity index (χ2v) is 5.74. The van der Waals surface area contributed by atoms with E-state index in [0.717, 1.165) is 11.6 Å². The lowest BCUT2D eigenvalue weighted by atomic mass is 9.90. The summed E-state index contributed by atoms with van der Waals surface area (Å²) in [6.45, 7) is 0.675. The van der Waals surface area contributed by atoms with Gasteiger partial charge in [0.1, 0.15) is 0 Å². The van der Waals surface area contributed by atoms with Crippen molar-refractivity contribution in [1.82, 2.24) is 20.0 Å². The first-order valence-electron chi connectivity index (χ1n) is 7.19. The van der Waals surface area contributed by atoms with Crippen LogP contribution in [0.1, 0.15) is 17.2 Å². The van der Waals surface area contributed by atoms with Crippen LogP contribution >= 0.6 is 0 Å². The third kappa shape index (κ3) is 3.03. The van der Waals surface area contributed by atoms with Crippen molar-refractivity contribution in [3.63, 3.8) is 0 Å². The number of hydrogen-bond acceptors (Lipinski definition) is 5. The molecule has 1 amide bonds. The molecule has 0 radical (unpaired) electrons. The zero-order valence-electron chi connectivity index (χ0n) is 12.7. The molecule has 2 aromatic rings. The van der Waals surface area contributed by atoms with Gasteiger partial charge in [0.25, 0.3) is 0 Å². The number of anilines is 1. The number of halogens is 3. The Hall–Kier alpha value is -2.65. The Morgan fingerprint density at radius 3 is 2.54 bits per heavy atom. The lowest BCUT2D eigenvalue weighted by molar-refractivity contribution is -0.141.